The van der Waals surface area contributed by atoms with E-state index in [0.29, 0.717) is 37.8 Å². The second-order valence-electron chi connectivity index (χ2n) is 6.69. The van der Waals surface area contributed by atoms with Crippen LogP contribution in [-0.4, -0.2) is 59.4 Å². The first kappa shape index (κ1) is 21.5. The van der Waals surface area contributed by atoms with Gasteiger partial charge in [0.1, 0.15) is 6.04 Å². The summed E-state index contributed by atoms with van der Waals surface area (Å²) in [6.45, 7) is 6.31. The summed E-state index contributed by atoms with van der Waals surface area (Å²) in [4.78, 5) is 33.3. The van der Waals surface area contributed by atoms with Crippen LogP contribution in [-0.2, 0) is 14.3 Å². The van der Waals surface area contributed by atoms with Gasteiger partial charge in [0.25, 0.3) is 0 Å². The molecule has 1 saturated heterocycles. The Kier molecular flexibility index (Phi) is 7.41. The Morgan fingerprint density at radius 1 is 1.24 bits per heavy atom. The van der Waals surface area contributed by atoms with Crippen molar-refractivity contribution in [2.45, 2.75) is 19.9 Å². The molecular weight excluding hydrogens is 410 g/mol. The third-order valence-electron chi connectivity index (χ3n) is 4.72. The van der Waals surface area contributed by atoms with E-state index in [1.807, 2.05) is 24.4 Å². The molecule has 0 bridgehead atoms. The summed E-state index contributed by atoms with van der Waals surface area (Å²) in [7, 11) is 0. The molecule has 0 N–H and O–H groups in total. The molecule has 1 aromatic heterocycles. The van der Waals surface area contributed by atoms with Gasteiger partial charge in [-0.1, -0.05) is 23.7 Å². The number of esters is 1. The van der Waals surface area contributed by atoms with Crippen LogP contribution in [0.2, 0.25) is 5.02 Å². The highest BCUT2D eigenvalue weighted by atomic mass is 35.5. The number of nitrogens with zero attached hydrogens (tertiary/aromatic N) is 3. The van der Waals surface area contributed by atoms with Crippen molar-refractivity contribution in [3.8, 4) is 0 Å². The molecule has 0 spiro atoms. The highest BCUT2D eigenvalue weighted by molar-refractivity contribution is 7.09. The van der Waals surface area contributed by atoms with Crippen LogP contribution in [0.4, 0.5) is 0 Å². The van der Waals surface area contributed by atoms with Crippen molar-refractivity contribution in [1.82, 2.24) is 14.8 Å². The zero-order valence-electron chi connectivity index (χ0n) is 16.5. The Balaban J connectivity index is 1.64. The number of piperazine rings is 1. The molecule has 1 amide bonds. The Bertz CT molecular complexity index is 874. The Hall–Kier alpha value is -2.22. The van der Waals surface area contributed by atoms with E-state index in [1.165, 1.54) is 0 Å². The van der Waals surface area contributed by atoms with E-state index in [9.17, 15) is 9.59 Å². The van der Waals surface area contributed by atoms with Gasteiger partial charge in [0.15, 0.2) is 0 Å². The number of carbonyl (C=O) groups excluding carboxylic acids is 2. The first-order chi connectivity index (χ1) is 14.0. The summed E-state index contributed by atoms with van der Waals surface area (Å²) in [6.07, 6.45) is 3.31. The van der Waals surface area contributed by atoms with Crippen molar-refractivity contribution < 1.29 is 14.3 Å². The first-order valence-electron chi connectivity index (χ1n) is 9.53. The van der Waals surface area contributed by atoms with Crippen molar-refractivity contribution >= 4 is 40.9 Å². The molecule has 1 unspecified atom stereocenters. The highest BCUT2D eigenvalue weighted by Crippen LogP contribution is 2.25. The fourth-order valence-electron chi connectivity index (χ4n) is 3.28. The number of ether oxygens (including phenoxy) is 1. The first-order valence-corrected chi connectivity index (χ1v) is 10.8. The summed E-state index contributed by atoms with van der Waals surface area (Å²) < 4.78 is 5.29. The van der Waals surface area contributed by atoms with E-state index >= 15 is 0 Å². The van der Waals surface area contributed by atoms with Gasteiger partial charge in [0, 0.05) is 42.7 Å². The molecule has 29 heavy (non-hydrogen) atoms. The maximum atomic E-state index is 12.6. The molecule has 1 fully saturated rings. The standard InChI is InChI=1S/C21H24ClN3O3S/c1-3-28-21(27)20(16-4-6-17(22)7-5-16)25-12-10-24(11-13-25)19(26)9-8-18-14-29-15(2)23-18/h4-9,14,20H,3,10-13H2,1-2H3. The molecule has 1 aliphatic heterocycles. The Morgan fingerprint density at radius 3 is 2.52 bits per heavy atom. The van der Waals surface area contributed by atoms with Gasteiger partial charge < -0.3 is 9.64 Å². The molecular formula is C21H24ClN3O3S. The summed E-state index contributed by atoms with van der Waals surface area (Å²) >= 11 is 7.54. The number of aryl methyl sites for hydroxylation is 1. The number of halogens is 1. The van der Waals surface area contributed by atoms with Crippen molar-refractivity contribution in [3.05, 3.63) is 57.0 Å². The van der Waals surface area contributed by atoms with E-state index in [-0.39, 0.29) is 11.9 Å². The van der Waals surface area contributed by atoms with Crippen molar-refractivity contribution in [3.63, 3.8) is 0 Å². The van der Waals surface area contributed by atoms with Crippen molar-refractivity contribution in [1.29, 1.82) is 0 Å². The van der Waals surface area contributed by atoms with Gasteiger partial charge in [0.2, 0.25) is 5.91 Å². The zero-order chi connectivity index (χ0) is 20.8. The van der Waals surface area contributed by atoms with Crippen LogP contribution >= 0.6 is 22.9 Å². The highest BCUT2D eigenvalue weighted by Gasteiger charge is 2.32. The van der Waals surface area contributed by atoms with Gasteiger partial charge in [-0.05, 0) is 37.6 Å². The number of carbonyl (C=O) groups is 2. The van der Waals surface area contributed by atoms with Gasteiger partial charge >= 0.3 is 5.97 Å². The number of hydrogen-bond donors (Lipinski definition) is 0. The maximum absolute atomic E-state index is 12.6. The van der Waals surface area contributed by atoms with E-state index in [2.05, 4.69) is 9.88 Å². The third kappa shape index (κ3) is 5.65. The Labute approximate surface area is 179 Å². The summed E-state index contributed by atoms with van der Waals surface area (Å²) in [6, 6.07) is 6.74. The molecule has 2 heterocycles. The minimum absolute atomic E-state index is 0.0468. The van der Waals surface area contributed by atoms with Crippen LogP contribution in [0.25, 0.3) is 6.08 Å². The molecule has 1 atom stereocenters. The SMILES string of the molecule is CCOC(=O)C(c1ccc(Cl)cc1)N1CCN(C(=O)C=Cc2csc(C)n2)CC1. The van der Waals surface area contributed by atoms with Crippen LogP contribution in [0.3, 0.4) is 0 Å². The predicted octanol–water partition coefficient (Wildman–Crippen LogP) is 3.57. The number of amides is 1. The van der Waals surface area contributed by atoms with Crippen LogP contribution in [0.5, 0.6) is 0 Å². The van der Waals surface area contributed by atoms with Gasteiger partial charge in [-0.15, -0.1) is 11.3 Å². The smallest absolute Gasteiger partial charge is 0.328 e. The average Bonchev–Trinajstić information content (AvgIpc) is 3.14. The van der Waals surface area contributed by atoms with Crippen LogP contribution in [0.1, 0.15) is 29.2 Å². The molecule has 2 aromatic rings. The minimum Gasteiger partial charge on any atom is -0.465 e. The zero-order valence-corrected chi connectivity index (χ0v) is 18.1. The van der Waals surface area contributed by atoms with E-state index < -0.39 is 6.04 Å². The van der Waals surface area contributed by atoms with Crippen LogP contribution in [0, 0.1) is 6.92 Å². The van der Waals surface area contributed by atoms with Crippen LogP contribution in [0.15, 0.2) is 35.7 Å². The maximum Gasteiger partial charge on any atom is 0.328 e. The largest absolute Gasteiger partial charge is 0.465 e. The number of rotatable bonds is 6. The van der Waals surface area contributed by atoms with E-state index in [0.717, 1.165) is 16.3 Å². The molecule has 8 heteroatoms. The molecule has 0 saturated carbocycles. The Morgan fingerprint density at radius 2 is 1.93 bits per heavy atom. The lowest BCUT2D eigenvalue weighted by Gasteiger charge is -2.38. The molecule has 3 rings (SSSR count). The fraction of sp³-hybridized carbons (Fsp3) is 0.381. The lowest BCUT2D eigenvalue weighted by atomic mass is 10.0. The van der Waals surface area contributed by atoms with Gasteiger partial charge in [-0.3, -0.25) is 9.69 Å². The molecule has 1 aromatic carbocycles. The normalized spacial score (nSPS) is 16.2. The van der Waals surface area contributed by atoms with Gasteiger partial charge in [-0.2, -0.15) is 0 Å². The second-order valence-corrected chi connectivity index (χ2v) is 8.19. The second kappa shape index (κ2) is 10.0. The number of hydrogen-bond acceptors (Lipinski definition) is 6. The minimum atomic E-state index is -0.502. The van der Waals surface area contributed by atoms with Gasteiger partial charge in [0.05, 0.1) is 17.3 Å². The predicted molar refractivity (Wildman–Crippen MR) is 115 cm³/mol. The molecule has 154 valence electrons. The summed E-state index contributed by atoms with van der Waals surface area (Å²) in [5, 5.41) is 3.51. The van der Waals surface area contributed by atoms with Crippen molar-refractivity contribution in [2.24, 2.45) is 0 Å². The quantitative estimate of drug-likeness (QED) is 0.514. The monoisotopic (exact) mass is 433 g/mol. The number of thiazole rings is 1. The topological polar surface area (TPSA) is 62.7 Å². The molecule has 6 nitrogen and oxygen atoms in total. The summed E-state index contributed by atoms with van der Waals surface area (Å²) in [5.74, 6) is -0.331. The lowest BCUT2D eigenvalue weighted by molar-refractivity contribution is -0.151. The fourth-order valence-corrected chi connectivity index (χ4v) is 3.99. The van der Waals surface area contributed by atoms with Crippen LogP contribution < -0.4 is 0 Å². The summed E-state index contributed by atoms with van der Waals surface area (Å²) in [5.41, 5.74) is 1.64. The lowest BCUT2D eigenvalue weighted by Crippen LogP contribution is -2.50. The van der Waals surface area contributed by atoms with Gasteiger partial charge in [-0.25, -0.2) is 9.78 Å². The molecule has 1 aliphatic rings. The molecule has 0 aliphatic carbocycles. The van der Waals surface area contributed by atoms with Crippen molar-refractivity contribution in [2.75, 3.05) is 32.8 Å². The van der Waals surface area contributed by atoms with E-state index in [1.54, 1.807) is 47.4 Å². The molecule has 0 radical (unpaired) electrons. The third-order valence-corrected chi connectivity index (χ3v) is 5.76. The average molecular weight is 434 g/mol. The number of benzene rings is 1. The van der Waals surface area contributed by atoms with E-state index in [4.69, 9.17) is 16.3 Å². The number of aromatic nitrogens is 1.